The van der Waals surface area contributed by atoms with Crippen LogP contribution in [0.15, 0.2) is 0 Å². The van der Waals surface area contributed by atoms with Crippen LogP contribution in [-0.4, -0.2) is 44.8 Å². The van der Waals surface area contributed by atoms with Crippen molar-refractivity contribution in [3.05, 3.63) is 0 Å². The second-order valence-electron chi connectivity index (χ2n) is 4.72. The SMILES string of the molecule is COCCNC1(C#N)CCC2(CC1)OCCO2. The lowest BCUT2D eigenvalue weighted by Crippen LogP contribution is -2.52. The zero-order valence-electron chi connectivity index (χ0n) is 10.3. The van der Waals surface area contributed by atoms with E-state index in [0.29, 0.717) is 26.4 Å². The van der Waals surface area contributed by atoms with E-state index in [1.165, 1.54) is 0 Å². The van der Waals surface area contributed by atoms with Crippen LogP contribution >= 0.6 is 0 Å². The summed E-state index contributed by atoms with van der Waals surface area (Å²) in [7, 11) is 1.66. The first-order chi connectivity index (χ1) is 8.24. The maximum absolute atomic E-state index is 9.34. The molecule has 96 valence electrons. The molecule has 0 aromatic rings. The van der Waals surface area contributed by atoms with Crippen LogP contribution in [-0.2, 0) is 14.2 Å². The summed E-state index contributed by atoms with van der Waals surface area (Å²) in [5.41, 5.74) is -0.431. The van der Waals surface area contributed by atoms with Crippen molar-refractivity contribution in [3.8, 4) is 6.07 Å². The van der Waals surface area contributed by atoms with E-state index >= 15 is 0 Å². The van der Waals surface area contributed by atoms with Gasteiger partial charge in [0.15, 0.2) is 5.79 Å². The van der Waals surface area contributed by atoms with E-state index in [9.17, 15) is 5.26 Å². The highest BCUT2D eigenvalue weighted by Crippen LogP contribution is 2.39. The van der Waals surface area contributed by atoms with Gasteiger partial charge in [-0.2, -0.15) is 5.26 Å². The molecule has 5 nitrogen and oxygen atoms in total. The first-order valence-electron chi connectivity index (χ1n) is 6.17. The van der Waals surface area contributed by atoms with Gasteiger partial charge in [0.25, 0.3) is 0 Å². The molecule has 17 heavy (non-hydrogen) atoms. The van der Waals surface area contributed by atoms with Gasteiger partial charge in [-0.3, -0.25) is 5.32 Å². The Balaban J connectivity index is 1.88. The Hall–Kier alpha value is -0.670. The van der Waals surface area contributed by atoms with Crippen molar-refractivity contribution in [1.29, 1.82) is 5.26 Å². The molecule has 2 fully saturated rings. The zero-order chi connectivity index (χ0) is 12.2. The third kappa shape index (κ3) is 2.78. The molecule has 0 bridgehead atoms. The van der Waals surface area contributed by atoms with Crippen LogP contribution in [0.2, 0.25) is 0 Å². The van der Waals surface area contributed by atoms with Crippen molar-refractivity contribution in [3.63, 3.8) is 0 Å². The molecular weight excluding hydrogens is 220 g/mol. The van der Waals surface area contributed by atoms with Gasteiger partial charge in [-0.1, -0.05) is 0 Å². The van der Waals surface area contributed by atoms with E-state index in [2.05, 4.69) is 11.4 Å². The monoisotopic (exact) mass is 240 g/mol. The fourth-order valence-corrected chi connectivity index (χ4v) is 2.56. The Labute approximate surface area is 102 Å². The first-order valence-corrected chi connectivity index (χ1v) is 6.17. The summed E-state index contributed by atoms with van der Waals surface area (Å²) in [5, 5.41) is 12.6. The quantitative estimate of drug-likeness (QED) is 0.736. The van der Waals surface area contributed by atoms with Gasteiger partial charge in [-0.05, 0) is 12.8 Å². The van der Waals surface area contributed by atoms with Crippen LogP contribution in [0.5, 0.6) is 0 Å². The second kappa shape index (κ2) is 5.32. The normalized spacial score (nSPS) is 25.9. The number of hydrogen-bond acceptors (Lipinski definition) is 5. The third-order valence-electron chi connectivity index (χ3n) is 3.66. The van der Waals surface area contributed by atoms with E-state index in [1.54, 1.807) is 7.11 Å². The minimum atomic E-state index is -0.431. The van der Waals surface area contributed by atoms with Crippen molar-refractivity contribution in [1.82, 2.24) is 5.32 Å². The molecule has 1 spiro atoms. The van der Waals surface area contributed by atoms with E-state index in [4.69, 9.17) is 14.2 Å². The molecule has 1 aliphatic heterocycles. The number of nitriles is 1. The van der Waals surface area contributed by atoms with Gasteiger partial charge in [0, 0.05) is 26.5 Å². The fraction of sp³-hybridized carbons (Fsp3) is 0.917. The number of nitrogens with one attached hydrogen (secondary N) is 1. The summed E-state index contributed by atoms with van der Waals surface area (Å²) in [6, 6.07) is 2.40. The summed E-state index contributed by atoms with van der Waals surface area (Å²) < 4.78 is 16.3. The van der Waals surface area contributed by atoms with Crippen molar-refractivity contribution in [2.45, 2.75) is 37.0 Å². The Morgan fingerprint density at radius 2 is 1.88 bits per heavy atom. The standard InChI is InChI=1S/C12H20N2O3/c1-15-7-6-14-11(10-13)2-4-12(5-3-11)16-8-9-17-12/h14H,2-9H2,1H3. The lowest BCUT2D eigenvalue weighted by molar-refractivity contribution is -0.183. The first kappa shape index (κ1) is 12.8. The van der Waals surface area contributed by atoms with E-state index in [-0.39, 0.29) is 0 Å². The van der Waals surface area contributed by atoms with Crippen LogP contribution in [0.3, 0.4) is 0 Å². The Kier molecular flexibility index (Phi) is 4.00. The number of ether oxygens (including phenoxy) is 3. The molecule has 0 amide bonds. The summed E-state index contributed by atoms with van der Waals surface area (Å²) >= 11 is 0. The molecule has 5 heteroatoms. The van der Waals surface area contributed by atoms with Gasteiger partial charge in [-0.15, -0.1) is 0 Å². The minimum absolute atomic E-state index is 0.400. The molecule has 1 aliphatic carbocycles. The largest absolute Gasteiger partial charge is 0.383 e. The van der Waals surface area contributed by atoms with Gasteiger partial charge in [0.1, 0.15) is 5.54 Å². The molecular formula is C12H20N2O3. The van der Waals surface area contributed by atoms with Crippen LogP contribution < -0.4 is 5.32 Å². The summed E-state index contributed by atoms with van der Waals surface area (Å²) in [6.07, 6.45) is 3.13. The van der Waals surface area contributed by atoms with Crippen molar-refractivity contribution < 1.29 is 14.2 Å². The minimum Gasteiger partial charge on any atom is -0.383 e. The third-order valence-corrected chi connectivity index (χ3v) is 3.66. The van der Waals surface area contributed by atoms with E-state index in [0.717, 1.165) is 25.7 Å². The van der Waals surface area contributed by atoms with Crippen LogP contribution in [0.1, 0.15) is 25.7 Å². The smallest absolute Gasteiger partial charge is 0.168 e. The molecule has 0 unspecified atom stereocenters. The maximum Gasteiger partial charge on any atom is 0.168 e. The average molecular weight is 240 g/mol. The van der Waals surface area contributed by atoms with Gasteiger partial charge in [-0.25, -0.2) is 0 Å². The Morgan fingerprint density at radius 1 is 1.24 bits per heavy atom. The molecule has 1 saturated carbocycles. The highest BCUT2D eigenvalue weighted by Gasteiger charge is 2.46. The molecule has 2 aliphatic rings. The average Bonchev–Trinajstić information content (AvgIpc) is 2.82. The molecule has 0 atom stereocenters. The molecule has 0 aromatic heterocycles. The molecule has 1 heterocycles. The van der Waals surface area contributed by atoms with Gasteiger partial charge >= 0.3 is 0 Å². The zero-order valence-corrected chi connectivity index (χ0v) is 10.3. The van der Waals surface area contributed by atoms with Crippen molar-refractivity contribution in [2.75, 3.05) is 33.5 Å². The molecule has 0 radical (unpaired) electrons. The molecule has 1 saturated heterocycles. The van der Waals surface area contributed by atoms with Crippen LogP contribution in [0.4, 0.5) is 0 Å². The highest BCUT2D eigenvalue weighted by atomic mass is 16.7. The predicted molar refractivity (Wildman–Crippen MR) is 61.3 cm³/mol. The molecule has 1 N–H and O–H groups in total. The van der Waals surface area contributed by atoms with Crippen LogP contribution in [0.25, 0.3) is 0 Å². The molecule has 0 aromatic carbocycles. The lowest BCUT2D eigenvalue weighted by atomic mass is 9.79. The Morgan fingerprint density at radius 3 is 2.41 bits per heavy atom. The highest BCUT2D eigenvalue weighted by molar-refractivity contribution is 5.10. The second-order valence-corrected chi connectivity index (χ2v) is 4.72. The van der Waals surface area contributed by atoms with Gasteiger partial charge in [0.2, 0.25) is 0 Å². The van der Waals surface area contributed by atoms with Crippen molar-refractivity contribution in [2.24, 2.45) is 0 Å². The van der Waals surface area contributed by atoms with E-state index < -0.39 is 11.3 Å². The van der Waals surface area contributed by atoms with E-state index in [1.807, 2.05) is 0 Å². The van der Waals surface area contributed by atoms with Gasteiger partial charge in [0.05, 0.1) is 25.9 Å². The van der Waals surface area contributed by atoms with Gasteiger partial charge < -0.3 is 14.2 Å². The summed E-state index contributed by atoms with van der Waals surface area (Å²) in [6.45, 7) is 2.69. The van der Waals surface area contributed by atoms with Crippen molar-refractivity contribution >= 4 is 0 Å². The number of rotatable bonds is 4. The number of hydrogen-bond donors (Lipinski definition) is 1. The summed E-state index contributed by atoms with van der Waals surface area (Å²) in [5.74, 6) is -0.400. The molecule has 2 rings (SSSR count). The number of nitrogens with zero attached hydrogens (tertiary/aromatic N) is 1. The topological polar surface area (TPSA) is 63.5 Å². The van der Waals surface area contributed by atoms with Crippen LogP contribution in [0, 0.1) is 11.3 Å². The lowest BCUT2D eigenvalue weighted by Gasteiger charge is -2.40. The predicted octanol–water partition coefficient (Wildman–Crippen LogP) is 0.802. The summed E-state index contributed by atoms with van der Waals surface area (Å²) in [4.78, 5) is 0. The Bertz CT molecular complexity index is 285. The maximum atomic E-state index is 9.34. The fourth-order valence-electron chi connectivity index (χ4n) is 2.56. The number of methoxy groups -OCH3 is 1.